The van der Waals surface area contributed by atoms with Crippen molar-refractivity contribution in [2.75, 3.05) is 13.1 Å². The summed E-state index contributed by atoms with van der Waals surface area (Å²) in [5, 5.41) is 18.6. The van der Waals surface area contributed by atoms with Crippen LogP contribution >= 0.6 is 0 Å². The minimum atomic E-state index is -0.939. The summed E-state index contributed by atoms with van der Waals surface area (Å²) in [6.45, 7) is 1.01. The molecule has 0 radical (unpaired) electrons. The number of amides is 2. The number of rotatable bonds is 5. The first-order chi connectivity index (χ1) is 15.9. The fourth-order valence-electron chi connectivity index (χ4n) is 6.73. The van der Waals surface area contributed by atoms with Gasteiger partial charge in [0.2, 0.25) is 11.8 Å². The Bertz CT molecular complexity index is 1100. The highest BCUT2D eigenvalue weighted by Crippen LogP contribution is 2.48. The van der Waals surface area contributed by atoms with Crippen LogP contribution in [0.25, 0.3) is 0 Å². The van der Waals surface area contributed by atoms with E-state index in [1.54, 1.807) is 17.0 Å². The van der Waals surface area contributed by atoms with Gasteiger partial charge in [0.15, 0.2) is 0 Å². The zero-order valence-electron chi connectivity index (χ0n) is 18.3. The average molecular weight is 450 g/mol. The molecule has 1 saturated carbocycles. The standard InChI is InChI=1S/C24H27N5O4/c25-9-15-6-14-7-20(14)28(15)22(30)18(26)11-27-10-16-8-21(27)23(31)29(16)19-4-2-12-5-13(24(32)33)1-3-17(12)19/h1,3,5,14-16,18-21H,2,4,6-8,10-11,26H2,(H,32,33)/t14-,15+,16-,18+,19-,20?,21-/m1/s1. The molecule has 1 aromatic rings. The van der Waals surface area contributed by atoms with E-state index in [-0.39, 0.29) is 47.6 Å². The highest BCUT2D eigenvalue weighted by atomic mass is 16.4. The number of piperazine rings is 1. The van der Waals surface area contributed by atoms with Gasteiger partial charge in [0.05, 0.1) is 29.8 Å². The number of nitrogens with zero attached hydrogens (tertiary/aromatic N) is 4. The third-order valence-corrected chi connectivity index (χ3v) is 8.34. The van der Waals surface area contributed by atoms with Gasteiger partial charge in [0.25, 0.3) is 0 Å². The SMILES string of the molecule is N#C[C@@H]1C[C@@H]2CC2N1C(=O)[C@@H](N)CN1C[C@H]2C[C@@H]1C(=O)N2[C@@H]1CCc2cc(C(=O)O)ccc21. The zero-order valence-corrected chi connectivity index (χ0v) is 18.3. The van der Waals surface area contributed by atoms with Crippen molar-refractivity contribution in [1.82, 2.24) is 14.7 Å². The van der Waals surface area contributed by atoms with E-state index < -0.39 is 12.0 Å². The third kappa shape index (κ3) is 3.08. The number of fused-ring (bicyclic) bond motifs is 4. The molecule has 9 heteroatoms. The van der Waals surface area contributed by atoms with Gasteiger partial charge in [-0.1, -0.05) is 6.07 Å². The first-order valence-corrected chi connectivity index (χ1v) is 11.8. The Balaban J connectivity index is 1.13. The molecule has 7 atom stereocenters. The van der Waals surface area contributed by atoms with Crippen molar-refractivity contribution in [3.8, 4) is 6.07 Å². The van der Waals surface area contributed by atoms with Crippen LogP contribution in [0.4, 0.5) is 0 Å². The maximum absolute atomic E-state index is 13.3. The van der Waals surface area contributed by atoms with E-state index in [1.165, 1.54) is 0 Å². The quantitative estimate of drug-likeness (QED) is 0.669. The predicted octanol–water partition coefficient (Wildman–Crippen LogP) is 0.497. The second-order valence-electron chi connectivity index (χ2n) is 10.2. The summed E-state index contributed by atoms with van der Waals surface area (Å²) in [5.74, 6) is -0.585. The molecule has 4 fully saturated rings. The largest absolute Gasteiger partial charge is 0.478 e. The van der Waals surface area contributed by atoms with Crippen molar-refractivity contribution in [2.45, 2.75) is 68.4 Å². The summed E-state index contributed by atoms with van der Waals surface area (Å²) in [6.07, 6.45) is 4.02. The molecule has 33 heavy (non-hydrogen) atoms. The number of hydrogen-bond acceptors (Lipinski definition) is 6. The van der Waals surface area contributed by atoms with Gasteiger partial charge in [0, 0.05) is 25.2 Å². The Morgan fingerprint density at radius 2 is 2.06 bits per heavy atom. The highest BCUT2D eigenvalue weighted by molar-refractivity contribution is 5.89. The van der Waals surface area contributed by atoms with Crippen LogP contribution in [0.1, 0.15) is 53.2 Å². The minimum absolute atomic E-state index is 0.0180. The van der Waals surface area contributed by atoms with Crippen LogP contribution in [0.15, 0.2) is 18.2 Å². The summed E-state index contributed by atoms with van der Waals surface area (Å²) in [6, 6.07) is 6.29. The molecule has 3 N–H and O–H groups in total. The first kappa shape index (κ1) is 20.6. The Morgan fingerprint density at radius 3 is 2.79 bits per heavy atom. The molecule has 5 aliphatic rings. The highest BCUT2D eigenvalue weighted by Gasteiger charge is 2.56. The number of likely N-dealkylation sites (tertiary alicyclic amines) is 3. The van der Waals surface area contributed by atoms with Crippen LogP contribution in [0.2, 0.25) is 0 Å². The van der Waals surface area contributed by atoms with E-state index in [0.717, 1.165) is 43.2 Å². The second-order valence-corrected chi connectivity index (χ2v) is 10.2. The Labute approximate surface area is 191 Å². The molecule has 9 nitrogen and oxygen atoms in total. The molecule has 1 unspecified atom stereocenters. The van der Waals surface area contributed by atoms with Crippen molar-refractivity contribution in [1.29, 1.82) is 5.26 Å². The number of carboxylic acids is 1. The summed E-state index contributed by atoms with van der Waals surface area (Å²) < 4.78 is 0. The molecule has 1 aromatic carbocycles. The molecular weight excluding hydrogens is 422 g/mol. The number of carboxylic acid groups (broad SMARTS) is 1. The van der Waals surface area contributed by atoms with E-state index >= 15 is 0 Å². The summed E-state index contributed by atoms with van der Waals surface area (Å²) in [7, 11) is 0. The number of nitriles is 1. The molecule has 3 heterocycles. The lowest BCUT2D eigenvalue weighted by Crippen LogP contribution is -2.57. The van der Waals surface area contributed by atoms with Crippen molar-refractivity contribution in [3.05, 3.63) is 34.9 Å². The summed E-state index contributed by atoms with van der Waals surface area (Å²) in [4.78, 5) is 43.3. The number of carbonyl (C=O) groups is 3. The number of benzene rings is 1. The van der Waals surface area contributed by atoms with Gasteiger partial charge in [-0.3, -0.25) is 14.5 Å². The van der Waals surface area contributed by atoms with E-state index in [2.05, 4.69) is 6.07 Å². The summed E-state index contributed by atoms with van der Waals surface area (Å²) >= 11 is 0. The topological polar surface area (TPSA) is 131 Å². The molecule has 172 valence electrons. The van der Waals surface area contributed by atoms with E-state index in [1.807, 2.05) is 15.9 Å². The second kappa shape index (κ2) is 7.27. The Kier molecular flexibility index (Phi) is 4.55. The number of nitrogens with two attached hydrogens (primary N) is 1. The molecule has 3 aliphatic heterocycles. The average Bonchev–Trinajstić information content (AvgIpc) is 3.15. The minimum Gasteiger partial charge on any atom is -0.478 e. The van der Waals surface area contributed by atoms with Crippen LogP contribution in [-0.4, -0.2) is 80.9 Å². The van der Waals surface area contributed by atoms with Crippen molar-refractivity contribution < 1.29 is 19.5 Å². The summed E-state index contributed by atoms with van der Waals surface area (Å²) in [5.41, 5.74) is 8.64. The lowest BCUT2D eigenvalue weighted by molar-refractivity contribution is -0.141. The van der Waals surface area contributed by atoms with Gasteiger partial charge in [-0.2, -0.15) is 5.26 Å². The molecule has 6 rings (SSSR count). The van der Waals surface area contributed by atoms with Gasteiger partial charge in [0.1, 0.15) is 6.04 Å². The zero-order chi connectivity index (χ0) is 23.0. The molecule has 0 aromatic heterocycles. The Morgan fingerprint density at radius 1 is 1.24 bits per heavy atom. The lowest BCUT2D eigenvalue weighted by Gasteiger charge is -2.38. The predicted molar refractivity (Wildman–Crippen MR) is 116 cm³/mol. The van der Waals surface area contributed by atoms with Gasteiger partial charge in [-0.25, -0.2) is 4.79 Å². The van der Waals surface area contributed by atoms with E-state index in [0.29, 0.717) is 19.0 Å². The molecule has 2 amide bonds. The van der Waals surface area contributed by atoms with E-state index in [4.69, 9.17) is 5.73 Å². The van der Waals surface area contributed by atoms with Crippen LogP contribution < -0.4 is 5.73 Å². The van der Waals surface area contributed by atoms with Crippen molar-refractivity contribution >= 4 is 17.8 Å². The van der Waals surface area contributed by atoms with Crippen LogP contribution in [0, 0.1) is 17.2 Å². The molecule has 0 spiro atoms. The number of carbonyl (C=O) groups excluding carboxylic acids is 2. The van der Waals surface area contributed by atoms with Crippen LogP contribution in [0.3, 0.4) is 0 Å². The number of piperidine rings is 1. The molecule has 2 bridgehead atoms. The number of hydrogen-bond donors (Lipinski definition) is 2. The monoisotopic (exact) mass is 449 g/mol. The smallest absolute Gasteiger partial charge is 0.335 e. The van der Waals surface area contributed by atoms with E-state index in [9.17, 15) is 24.8 Å². The van der Waals surface area contributed by atoms with Crippen molar-refractivity contribution in [3.63, 3.8) is 0 Å². The van der Waals surface area contributed by atoms with Crippen molar-refractivity contribution in [2.24, 2.45) is 11.7 Å². The normalized spacial score (nSPS) is 34.8. The van der Waals surface area contributed by atoms with Gasteiger partial charge in [-0.15, -0.1) is 0 Å². The fraction of sp³-hybridized carbons (Fsp3) is 0.583. The number of aromatic carboxylic acids is 1. The lowest BCUT2D eigenvalue weighted by atomic mass is 10.0. The molecule has 2 aliphatic carbocycles. The maximum atomic E-state index is 13.3. The first-order valence-electron chi connectivity index (χ1n) is 11.8. The molecule has 3 saturated heterocycles. The van der Waals surface area contributed by atoms with Gasteiger partial charge < -0.3 is 20.6 Å². The maximum Gasteiger partial charge on any atom is 0.335 e. The molecular formula is C24H27N5O4. The van der Waals surface area contributed by atoms with Gasteiger partial charge >= 0.3 is 5.97 Å². The Hall–Kier alpha value is -2.96. The van der Waals surface area contributed by atoms with Crippen LogP contribution in [0.5, 0.6) is 0 Å². The fourth-order valence-corrected chi connectivity index (χ4v) is 6.73. The number of aryl methyl sites for hydroxylation is 1. The third-order valence-electron chi connectivity index (χ3n) is 8.34. The van der Waals surface area contributed by atoms with Gasteiger partial charge in [-0.05, 0) is 61.3 Å². The van der Waals surface area contributed by atoms with Crippen LogP contribution in [-0.2, 0) is 16.0 Å².